The summed E-state index contributed by atoms with van der Waals surface area (Å²) in [7, 11) is 0. The second-order valence-electron chi connectivity index (χ2n) is 4.14. The molecular formula is C14H14FN. The fourth-order valence-corrected chi connectivity index (χ4v) is 1.82. The first kappa shape index (κ1) is 10.8. The number of pyridine rings is 1. The molecule has 0 saturated carbocycles. The van der Waals surface area contributed by atoms with Gasteiger partial charge in [-0.1, -0.05) is 6.07 Å². The van der Waals surface area contributed by atoms with E-state index in [1.165, 1.54) is 11.6 Å². The Morgan fingerprint density at radius 1 is 1.06 bits per heavy atom. The largest absolute Gasteiger partial charge is 0.261 e. The Labute approximate surface area is 95.0 Å². The molecule has 0 aliphatic rings. The van der Waals surface area contributed by atoms with E-state index in [2.05, 4.69) is 4.98 Å². The van der Waals surface area contributed by atoms with Crippen LogP contribution in [0.5, 0.6) is 0 Å². The second kappa shape index (κ2) is 4.44. The van der Waals surface area contributed by atoms with E-state index in [-0.39, 0.29) is 5.82 Å². The molecule has 1 aromatic heterocycles. The number of aryl methyl sites for hydroxylation is 2. The van der Waals surface area contributed by atoms with Gasteiger partial charge in [-0.2, -0.15) is 0 Å². The molecule has 0 aliphatic carbocycles. The Bertz CT molecular complexity index is 486. The third-order valence-electron chi connectivity index (χ3n) is 2.46. The zero-order chi connectivity index (χ0) is 11.5. The standard InChI is InChI=1S/C14H14FN/c1-10-3-4-16-14(7-10)9-12-5-11(2)6-13(15)8-12/h3-8H,9H2,1-2H3. The van der Waals surface area contributed by atoms with Crippen LogP contribution < -0.4 is 0 Å². The highest BCUT2D eigenvalue weighted by molar-refractivity contribution is 5.28. The Morgan fingerprint density at radius 2 is 1.88 bits per heavy atom. The van der Waals surface area contributed by atoms with Crippen LogP contribution in [0.25, 0.3) is 0 Å². The van der Waals surface area contributed by atoms with Gasteiger partial charge in [-0.3, -0.25) is 4.98 Å². The molecule has 0 fully saturated rings. The van der Waals surface area contributed by atoms with Crippen LogP contribution in [0.3, 0.4) is 0 Å². The first-order valence-corrected chi connectivity index (χ1v) is 5.31. The van der Waals surface area contributed by atoms with E-state index >= 15 is 0 Å². The van der Waals surface area contributed by atoms with Gasteiger partial charge < -0.3 is 0 Å². The number of hydrogen-bond donors (Lipinski definition) is 0. The molecule has 1 heterocycles. The Morgan fingerprint density at radius 3 is 2.56 bits per heavy atom. The minimum atomic E-state index is -0.178. The van der Waals surface area contributed by atoms with Crippen LogP contribution in [0.4, 0.5) is 4.39 Å². The molecule has 0 unspecified atom stereocenters. The van der Waals surface area contributed by atoms with Gasteiger partial charge in [0.25, 0.3) is 0 Å². The normalized spacial score (nSPS) is 10.4. The van der Waals surface area contributed by atoms with E-state index in [1.807, 2.05) is 32.0 Å². The molecule has 0 amide bonds. The predicted molar refractivity (Wildman–Crippen MR) is 62.9 cm³/mol. The molecule has 0 N–H and O–H groups in total. The molecule has 16 heavy (non-hydrogen) atoms. The number of halogens is 1. The van der Waals surface area contributed by atoms with Crippen LogP contribution in [-0.2, 0) is 6.42 Å². The van der Waals surface area contributed by atoms with E-state index in [9.17, 15) is 4.39 Å². The molecule has 0 atom stereocenters. The Kier molecular flexibility index (Phi) is 3.00. The van der Waals surface area contributed by atoms with E-state index in [4.69, 9.17) is 0 Å². The van der Waals surface area contributed by atoms with Gasteiger partial charge in [-0.05, 0) is 54.8 Å². The maximum absolute atomic E-state index is 13.2. The highest BCUT2D eigenvalue weighted by Gasteiger charge is 2.01. The topological polar surface area (TPSA) is 12.9 Å². The molecule has 1 aromatic carbocycles. The van der Waals surface area contributed by atoms with Gasteiger partial charge in [0, 0.05) is 18.3 Å². The first-order chi connectivity index (χ1) is 7.63. The average molecular weight is 215 g/mol. The zero-order valence-corrected chi connectivity index (χ0v) is 9.50. The van der Waals surface area contributed by atoms with Crippen LogP contribution >= 0.6 is 0 Å². The Balaban J connectivity index is 2.27. The van der Waals surface area contributed by atoms with Crippen molar-refractivity contribution in [3.63, 3.8) is 0 Å². The molecular weight excluding hydrogens is 201 g/mol. The lowest BCUT2D eigenvalue weighted by atomic mass is 10.1. The quantitative estimate of drug-likeness (QED) is 0.748. The highest BCUT2D eigenvalue weighted by Crippen LogP contribution is 2.12. The summed E-state index contributed by atoms with van der Waals surface area (Å²) in [5.74, 6) is -0.178. The predicted octanol–water partition coefficient (Wildman–Crippen LogP) is 3.43. The van der Waals surface area contributed by atoms with Crippen molar-refractivity contribution in [3.8, 4) is 0 Å². The number of nitrogens with zero attached hydrogens (tertiary/aromatic N) is 1. The van der Waals surface area contributed by atoms with Crippen molar-refractivity contribution >= 4 is 0 Å². The first-order valence-electron chi connectivity index (χ1n) is 5.31. The molecule has 1 nitrogen and oxygen atoms in total. The molecule has 0 saturated heterocycles. The van der Waals surface area contributed by atoms with E-state index in [1.54, 1.807) is 12.3 Å². The molecule has 0 spiro atoms. The lowest BCUT2D eigenvalue weighted by Gasteiger charge is -2.04. The second-order valence-corrected chi connectivity index (χ2v) is 4.14. The van der Waals surface area contributed by atoms with Gasteiger partial charge >= 0.3 is 0 Å². The monoisotopic (exact) mass is 215 g/mol. The molecule has 2 heteroatoms. The molecule has 0 bridgehead atoms. The zero-order valence-electron chi connectivity index (χ0n) is 9.50. The Hall–Kier alpha value is -1.70. The summed E-state index contributed by atoms with van der Waals surface area (Å²) in [5.41, 5.74) is 4.07. The maximum Gasteiger partial charge on any atom is 0.123 e. The summed E-state index contributed by atoms with van der Waals surface area (Å²) >= 11 is 0. The molecule has 0 aliphatic heterocycles. The average Bonchev–Trinajstić information content (AvgIpc) is 2.15. The van der Waals surface area contributed by atoms with Gasteiger partial charge in [-0.25, -0.2) is 4.39 Å². The summed E-state index contributed by atoms with van der Waals surface area (Å²) in [6, 6.07) is 9.08. The van der Waals surface area contributed by atoms with Crippen molar-refractivity contribution in [1.29, 1.82) is 0 Å². The molecule has 2 rings (SSSR count). The van der Waals surface area contributed by atoms with E-state index in [0.717, 1.165) is 16.8 Å². The number of hydrogen-bond acceptors (Lipinski definition) is 1. The van der Waals surface area contributed by atoms with Crippen LogP contribution in [0.1, 0.15) is 22.4 Å². The van der Waals surface area contributed by atoms with E-state index < -0.39 is 0 Å². The minimum Gasteiger partial charge on any atom is -0.261 e. The third kappa shape index (κ3) is 2.66. The van der Waals surface area contributed by atoms with Crippen LogP contribution in [0, 0.1) is 19.7 Å². The summed E-state index contributed by atoms with van der Waals surface area (Å²) in [4.78, 5) is 4.27. The van der Waals surface area contributed by atoms with Crippen LogP contribution in [-0.4, -0.2) is 4.98 Å². The summed E-state index contributed by atoms with van der Waals surface area (Å²) in [6.45, 7) is 3.93. The number of benzene rings is 1. The van der Waals surface area contributed by atoms with Crippen LogP contribution in [0.2, 0.25) is 0 Å². The fourth-order valence-electron chi connectivity index (χ4n) is 1.82. The van der Waals surface area contributed by atoms with Gasteiger partial charge in [0.1, 0.15) is 5.82 Å². The molecule has 82 valence electrons. The van der Waals surface area contributed by atoms with Gasteiger partial charge in [-0.15, -0.1) is 0 Å². The minimum absolute atomic E-state index is 0.178. The summed E-state index contributed by atoms with van der Waals surface area (Å²) < 4.78 is 13.2. The van der Waals surface area contributed by atoms with Crippen molar-refractivity contribution < 1.29 is 4.39 Å². The SMILES string of the molecule is Cc1cc(F)cc(Cc2cc(C)ccn2)c1. The molecule has 0 radical (unpaired) electrons. The highest BCUT2D eigenvalue weighted by atomic mass is 19.1. The van der Waals surface area contributed by atoms with Crippen molar-refractivity contribution in [3.05, 3.63) is 64.7 Å². The van der Waals surface area contributed by atoms with Crippen molar-refractivity contribution in [1.82, 2.24) is 4.98 Å². The smallest absolute Gasteiger partial charge is 0.123 e. The van der Waals surface area contributed by atoms with E-state index in [0.29, 0.717) is 6.42 Å². The lowest BCUT2D eigenvalue weighted by Crippen LogP contribution is -1.94. The fraction of sp³-hybridized carbons (Fsp3) is 0.214. The maximum atomic E-state index is 13.2. The number of aromatic nitrogens is 1. The summed E-state index contributed by atoms with van der Waals surface area (Å²) in [6.07, 6.45) is 2.47. The van der Waals surface area contributed by atoms with Crippen LogP contribution in [0.15, 0.2) is 36.5 Å². The summed E-state index contributed by atoms with van der Waals surface area (Å²) in [5, 5.41) is 0. The van der Waals surface area contributed by atoms with Gasteiger partial charge in [0.05, 0.1) is 0 Å². The van der Waals surface area contributed by atoms with Gasteiger partial charge in [0.2, 0.25) is 0 Å². The molecule has 2 aromatic rings. The van der Waals surface area contributed by atoms with Crippen molar-refractivity contribution in [2.75, 3.05) is 0 Å². The number of rotatable bonds is 2. The van der Waals surface area contributed by atoms with Crippen molar-refractivity contribution in [2.45, 2.75) is 20.3 Å². The van der Waals surface area contributed by atoms with Crippen molar-refractivity contribution in [2.24, 2.45) is 0 Å². The van der Waals surface area contributed by atoms with Gasteiger partial charge in [0.15, 0.2) is 0 Å². The lowest BCUT2D eigenvalue weighted by molar-refractivity contribution is 0.624. The third-order valence-corrected chi connectivity index (χ3v) is 2.46.